The second-order valence-electron chi connectivity index (χ2n) is 7.95. The van der Waals surface area contributed by atoms with Gasteiger partial charge in [-0.05, 0) is 43.5 Å². The Kier molecular flexibility index (Phi) is 15.0. The average Bonchev–Trinajstić information content (AvgIpc) is 2.72. The number of anilines is 1. The van der Waals surface area contributed by atoms with Gasteiger partial charge in [-0.2, -0.15) is 0 Å². The van der Waals surface area contributed by atoms with E-state index in [1.807, 2.05) is 18.2 Å². The summed E-state index contributed by atoms with van der Waals surface area (Å²) in [6.45, 7) is 4.37. The van der Waals surface area contributed by atoms with Gasteiger partial charge in [-0.25, -0.2) is 4.79 Å². The third kappa shape index (κ3) is 13.2. The Balaban J connectivity index is 2.07. The van der Waals surface area contributed by atoms with E-state index in [4.69, 9.17) is 15.2 Å². The summed E-state index contributed by atoms with van der Waals surface area (Å²) in [5.74, 6) is 0.333. The van der Waals surface area contributed by atoms with Crippen molar-refractivity contribution in [1.82, 2.24) is 0 Å². The standard InChI is InChI=1S/C25H43NO3/c1-3-5-6-7-8-9-10-11-12-13-14-15-16-17-22-20-23(18-19-24(22)26)29-21-25(27)28-4-2/h18-20H,3-17,21,26H2,1-2H3. The second-order valence-corrected chi connectivity index (χ2v) is 7.95. The van der Waals surface area contributed by atoms with Crippen molar-refractivity contribution in [2.75, 3.05) is 18.9 Å². The van der Waals surface area contributed by atoms with Crippen LogP contribution in [0.2, 0.25) is 0 Å². The SMILES string of the molecule is CCCCCCCCCCCCCCCc1cc(OCC(=O)OCC)ccc1N. The molecule has 0 fully saturated rings. The second kappa shape index (κ2) is 17.2. The van der Waals surface area contributed by atoms with E-state index in [2.05, 4.69) is 6.92 Å². The van der Waals surface area contributed by atoms with E-state index in [0.29, 0.717) is 12.4 Å². The van der Waals surface area contributed by atoms with Crippen LogP contribution in [0.25, 0.3) is 0 Å². The normalized spacial score (nSPS) is 10.8. The number of rotatable bonds is 18. The van der Waals surface area contributed by atoms with Crippen LogP contribution in [0.15, 0.2) is 18.2 Å². The molecule has 0 bridgehead atoms. The molecular formula is C25H43NO3. The number of hydrogen-bond donors (Lipinski definition) is 1. The number of carbonyl (C=O) groups is 1. The van der Waals surface area contributed by atoms with Gasteiger partial charge in [0, 0.05) is 5.69 Å². The van der Waals surface area contributed by atoms with Crippen molar-refractivity contribution in [3.63, 3.8) is 0 Å². The highest BCUT2D eigenvalue weighted by molar-refractivity contribution is 5.71. The fourth-order valence-corrected chi connectivity index (χ4v) is 3.57. The molecule has 1 aromatic rings. The Labute approximate surface area is 178 Å². The van der Waals surface area contributed by atoms with Gasteiger partial charge < -0.3 is 15.2 Å². The van der Waals surface area contributed by atoms with Crippen molar-refractivity contribution < 1.29 is 14.3 Å². The van der Waals surface area contributed by atoms with Crippen LogP contribution in [0.1, 0.15) is 103 Å². The maximum absolute atomic E-state index is 11.4. The third-order valence-electron chi connectivity index (χ3n) is 5.33. The number of aryl methyl sites for hydroxylation is 1. The van der Waals surface area contributed by atoms with Crippen molar-refractivity contribution in [1.29, 1.82) is 0 Å². The summed E-state index contributed by atoms with van der Waals surface area (Å²) in [7, 11) is 0. The molecule has 0 spiro atoms. The summed E-state index contributed by atoms with van der Waals surface area (Å²) in [6, 6.07) is 5.62. The van der Waals surface area contributed by atoms with Gasteiger partial charge in [-0.1, -0.05) is 84.0 Å². The van der Waals surface area contributed by atoms with Crippen LogP contribution in [0, 0.1) is 0 Å². The van der Waals surface area contributed by atoms with Crippen LogP contribution in [-0.4, -0.2) is 19.2 Å². The summed E-state index contributed by atoms with van der Waals surface area (Å²) < 4.78 is 10.4. The first-order valence-electron chi connectivity index (χ1n) is 11.8. The minimum absolute atomic E-state index is 0.0596. The number of benzene rings is 1. The number of carbonyl (C=O) groups excluding carboxylic acids is 1. The Bertz CT molecular complexity index is 545. The van der Waals surface area contributed by atoms with Gasteiger partial charge in [0.05, 0.1) is 6.61 Å². The minimum Gasteiger partial charge on any atom is -0.482 e. The van der Waals surface area contributed by atoms with Gasteiger partial charge in [0.15, 0.2) is 6.61 Å². The molecule has 0 heterocycles. The fraction of sp³-hybridized carbons (Fsp3) is 0.720. The molecule has 29 heavy (non-hydrogen) atoms. The zero-order valence-electron chi connectivity index (χ0n) is 18.8. The highest BCUT2D eigenvalue weighted by Gasteiger charge is 2.06. The minimum atomic E-state index is -0.345. The number of esters is 1. The first kappa shape index (κ1) is 25.3. The van der Waals surface area contributed by atoms with Crippen LogP contribution in [-0.2, 0) is 16.0 Å². The Morgan fingerprint density at radius 1 is 0.828 bits per heavy atom. The Morgan fingerprint density at radius 3 is 1.93 bits per heavy atom. The van der Waals surface area contributed by atoms with Gasteiger partial charge >= 0.3 is 5.97 Å². The molecule has 0 saturated carbocycles. The highest BCUT2D eigenvalue weighted by atomic mass is 16.6. The van der Waals surface area contributed by atoms with E-state index < -0.39 is 0 Å². The molecule has 0 aliphatic heterocycles. The lowest BCUT2D eigenvalue weighted by atomic mass is 10.0. The zero-order valence-corrected chi connectivity index (χ0v) is 18.8. The molecule has 0 atom stereocenters. The number of unbranched alkanes of at least 4 members (excludes halogenated alkanes) is 12. The molecule has 1 rings (SSSR count). The molecule has 0 saturated heterocycles. The largest absolute Gasteiger partial charge is 0.482 e. The van der Waals surface area contributed by atoms with Crippen molar-refractivity contribution in [2.24, 2.45) is 0 Å². The number of ether oxygens (including phenoxy) is 2. The summed E-state index contributed by atoms with van der Waals surface area (Å²) in [5.41, 5.74) is 8.00. The molecule has 0 aliphatic carbocycles. The predicted molar refractivity (Wildman–Crippen MR) is 122 cm³/mol. The fourth-order valence-electron chi connectivity index (χ4n) is 3.57. The van der Waals surface area contributed by atoms with Crippen molar-refractivity contribution >= 4 is 11.7 Å². The van der Waals surface area contributed by atoms with E-state index in [0.717, 1.165) is 24.1 Å². The van der Waals surface area contributed by atoms with E-state index >= 15 is 0 Å². The Hall–Kier alpha value is -1.71. The van der Waals surface area contributed by atoms with E-state index in [1.54, 1.807) is 6.92 Å². The van der Waals surface area contributed by atoms with Crippen LogP contribution < -0.4 is 10.5 Å². The zero-order chi connectivity index (χ0) is 21.2. The maximum atomic E-state index is 11.4. The Morgan fingerprint density at radius 2 is 1.38 bits per heavy atom. The van der Waals surface area contributed by atoms with Gasteiger partial charge in [0.1, 0.15) is 5.75 Å². The lowest BCUT2D eigenvalue weighted by molar-refractivity contribution is -0.145. The van der Waals surface area contributed by atoms with Crippen LogP contribution >= 0.6 is 0 Å². The topological polar surface area (TPSA) is 61.5 Å². The maximum Gasteiger partial charge on any atom is 0.344 e. The molecule has 4 nitrogen and oxygen atoms in total. The van der Waals surface area contributed by atoms with Crippen LogP contribution in [0.5, 0.6) is 5.75 Å². The average molecular weight is 406 g/mol. The molecule has 0 aromatic heterocycles. The van der Waals surface area contributed by atoms with Gasteiger partial charge in [0.2, 0.25) is 0 Å². The van der Waals surface area contributed by atoms with Crippen molar-refractivity contribution in [3.8, 4) is 5.75 Å². The van der Waals surface area contributed by atoms with Gasteiger partial charge in [-0.15, -0.1) is 0 Å². The molecule has 4 heteroatoms. The highest BCUT2D eigenvalue weighted by Crippen LogP contribution is 2.22. The third-order valence-corrected chi connectivity index (χ3v) is 5.33. The summed E-state index contributed by atoms with van der Waals surface area (Å²) in [6.07, 6.45) is 18.6. The van der Waals surface area contributed by atoms with Gasteiger partial charge in [-0.3, -0.25) is 0 Å². The molecule has 0 amide bonds. The number of hydrogen-bond acceptors (Lipinski definition) is 4. The smallest absolute Gasteiger partial charge is 0.344 e. The molecular weight excluding hydrogens is 362 g/mol. The first-order valence-corrected chi connectivity index (χ1v) is 11.8. The molecule has 2 N–H and O–H groups in total. The van der Waals surface area contributed by atoms with Gasteiger partial charge in [0.25, 0.3) is 0 Å². The monoisotopic (exact) mass is 405 g/mol. The van der Waals surface area contributed by atoms with E-state index in [-0.39, 0.29) is 12.6 Å². The van der Waals surface area contributed by atoms with E-state index in [1.165, 1.54) is 77.0 Å². The summed E-state index contributed by atoms with van der Waals surface area (Å²) in [5, 5.41) is 0. The lowest BCUT2D eigenvalue weighted by Gasteiger charge is -2.10. The van der Waals surface area contributed by atoms with E-state index in [9.17, 15) is 4.79 Å². The van der Waals surface area contributed by atoms with Crippen LogP contribution in [0.4, 0.5) is 5.69 Å². The molecule has 1 aromatic carbocycles. The number of nitrogens with two attached hydrogens (primary N) is 1. The first-order chi connectivity index (χ1) is 14.2. The van der Waals surface area contributed by atoms with Crippen molar-refractivity contribution in [3.05, 3.63) is 23.8 Å². The molecule has 166 valence electrons. The quantitative estimate of drug-likeness (QED) is 0.165. The van der Waals surface area contributed by atoms with Crippen LogP contribution in [0.3, 0.4) is 0 Å². The molecule has 0 radical (unpaired) electrons. The molecule has 0 aliphatic rings. The summed E-state index contributed by atoms with van der Waals surface area (Å²) >= 11 is 0. The van der Waals surface area contributed by atoms with Crippen molar-refractivity contribution in [2.45, 2.75) is 104 Å². The molecule has 0 unspecified atom stereocenters. The summed E-state index contributed by atoms with van der Waals surface area (Å²) in [4.78, 5) is 11.4. The lowest BCUT2D eigenvalue weighted by Crippen LogP contribution is -2.14. The predicted octanol–water partition coefficient (Wildman–Crippen LogP) is 6.84. The number of nitrogen functional groups attached to an aromatic ring is 1.